The van der Waals surface area contributed by atoms with Crippen molar-refractivity contribution in [2.24, 2.45) is 0 Å². The van der Waals surface area contributed by atoms with E-state index in [4.69, 9.17) is 14.2 Å². The fourth-order valence-electron chi connectivity index (χ4n) is 4.64. The molecule has 8 heteroatoms. The van der Waals surface area contributed by atoms with Crippen molar-refractivity contribution in [3.05, 3.63) is 24.3 Å². The number of morpholine rings is 1. The van der Waals surface area contributed by atoms with Crippen molar-refractivity contribution in [3.8, 4) is 5.75 Å². The Kier molecular flexibility index (Phi) is 5.94. The molecule has 3 aliphatic rings. The molecule has 0 saturated carbocycles. The van der Waals surface area contributed by atoms with Crippen molar-refractivity contribution in [1.29, 1.82) is 0 Å². The van der Waals surface area contributed by atoms with Gasteiger partial charge in [0, 0.05) is 38.8 Å². The summed E-state index contributed by atoms with van der Waals surface area (Å²) in [6, 6.07) is 7.13. The Balaban J connectivity index is 1.40. The van der Waals surface area contributed by atoms with E-state index in [1.54, 1.807) is 35.7 Å². The lowest BCUT2D eigenvalue weighted by molar-refractivity contribution is -0.133. The first kappa shape index (κ1) is 20.1. The van der Waals surface area contributed by atoms with Gasteiger partial charge in [-0.15, -0.1) is 0 Å². The topological polar surface area (TPSA) is 68.3 Å². The Bertz CT molecular complexity index is 753. The fraction of sp³-hybridized carbons (Fsp3) is 0.700. The lowest BCUT2D eigenvalue weighted by Crippen LogP contribution is -2.55. The van der Waals surface area contributed by atoms with E-state index in [1.165, 1.54) is 0 Å². The van der Waals surface area contributed by atoms with Crippen LogP contribution in [-0.4, -0.2) is 82.4 Å². The van der Waals surface area contributed by atoms with Crippen LogP contribution in [0, 0.1) is 0 Å². The molecule has 0 aromatic heterocycles. The molecule has 1 aromatic rings. The normalized spacial score (nSPS) is 27.0. The van der Waals surface area contributed by atoms with Crippen molar-refractivity contribution in [1.82, 2.24) is 9.21 Å². The van der Waals surface area contributed by atoms with Gasteiger partial charge in [-0.3, -0.25) is 4.90 Å². The van der Waals surface area contributed by atoms with Gasteiger partial charge in [-0.2, -0.15) is 4.31 Å². The van der Waals surface area contributed by atoms with E-state index in [-0.39, 0.29) is 5.60 Å². The fourth-order valence-corrected chi connectivity index (χ4v) is 6.08. The zero-order valence-electron chi connectivity index (χ0n) is 16.5. The molecule has 0 N–H and O–H groups in total. The highest BCUT2D eigenvalue weighted by atomic mass is 32.2. The number of nitrogens with zero attached hydrogens (tertiary/aromatic N) is 2. The Labute approximate surface area is 167 Å². The number of sulfonamides is 1. The van der Waals surface area contributed by atoms with Crippen LogP contribution in [0.2, 0.25) is 0 Å². The van der Waals surface area contributed by atoms with Crippen LogP contribution < -0.4 is 4.74 Å². The lowest BCUT2D eigenvalue weighted by atomic mass is 9.82. The predicted molar refractivity (Wildman–Crippen MR) is 105 cm³/mol. The molecule has 4 rings (SSSR count). The number of ether oxygens (including phenoxy) is 3. The van der Waals surface area contributed by atoms with Crippen LogP contribution in [0.1, 0.15) is 25.7 Å². The van der Waals surface area contributed by atoms with Crippen molar-refractivity contribution >= 4 is 10.0 Å². The zero-order valence-corrected chi connectivity index (χ0v) is 17.3. The van der Waals surface area contributed by atoms with E-state index in [0.29, 0.717) is 29.8 Å². The second-order valence-electron chi connectivity index (χ2n) is 7.91. The highest BCUT2D eigenvalue weighted by molar-refractivity contribution is 7.89. The van der Waals surface area contributed by atoms with Gasteiger partial charge in [0.05, 0.1) is 30.8 Å². The summed E-state index contributed by atoms with van der Waals surface area (Å²) in [5, 5.41) is 0. The maximum atomic E-state index is 13.0. The molecule has 3 fully saturated rings. The maximum absolute atomic E-state index is 13.0. The Morgan fingerprint density at radius 2 is 1.71 bits per heavy atom. The second kappa shape index (κ2) is 8.28. The first-order chi connectivity index (χ1) is 13.5. The van der Waals surface area contributed by atoms with Crippen LogP contribution in [-0.2, 0) is 19.5 Å². The molecule has 1 spiro atoms. The van der Waals surface area contributed by atoms with E-state index in [1.807, 2.05) is 0 Å². The monoisotopic (exact) mass is 410 g/mol. The van der Waals surface area contributed by atoms with Crippen LogP contribution in [0.15, 0.2) is 29.2 Å². The summed E-state index contributed by atoms with van der Waals surface area (Å²) in [6.07, 6.45) is 3.55. The van der Waals surface area contributed by atoms with Gasteiger partial charge in [0.25, 0.3) is 0 Å². The van der Waals surface area contributed by atoms with Gasteiger partial charge in [0.2, 0.25) is 10.0 Å². The summed E-state index contributed by atoms with van der Waals surface area (Å²) in [4.78, 5) is 2.84. The Morgan fingerprint density at radius 3 is 2.36 bits per heavy atom. The molecular weight excluding hydrogens is 380 g/mol. The quantitative estimate of drug-likeness (QED) is 0.753. The SMILES string of the molecule is COc1ccc(S(=O)(=O)N2CCC3(CC2)CC(N2CCOCC2)CCO3)cc1. The van der Waals surface area contributed by atoms with E-state index < -0.39 is 10.0 Å². The molecule has 0 radical (unpaired) electrons. The largest absolute Gasteiger partial charge is 0.497 e. The first-order valence-corrected chi connectivity index (χ1v) is 11.6. The third-order valence-electron chi connectivity index (χ3n) is 6.36. The van der Waals surface area contributed by atoms with Gasteiger partial charge in [-0.1, -0.05) is 0 Å². The maximum Gasteiger partial charge on any atom is 0.243 e. The summed E-state index contributed by atoms with van der Waals surface area (Å²) in [6.45, 7) is 5.34. The highest BCUT2D eigenvalue weighted by Crippen LogP contribution is 2.38. The van der Waals surface area contributed by atoms with Crippen LogP contribution >= 0.6 is 0 Å². The van der Waals surface area contributed by atoms with E-state index in [2.05, 4.69) is 4.90 Å². The molecule has 7 nitrogen and oxygen atoms in total. The molecule has 1 atom stereocenters. The summed E-state index contributed by atoms with van der Waals surface area (Å²) in [7, 11) is -1.91. The van der Waals surface area contributed by atoms with Crippen molar-refractivity contribution in [3.63, 3.8) is 0 Å². The van der Waals surface area contributed by atoms with Crippen LogP contribution in [0.5, 0.6) is 5.75 Å². The molecule has 0 amide bonds. The number of benzene rings is 1. The van der Waals surface area contributed by atoms with Gasteiger partial charge >= 0.3 is 0 Å². The van der Waals surface area contributed by atoms with Gasteiger partial charge in [-0.05, 0) is 49.9 Å². The molecule has 3 heterocycles. The van der Waals surface area contributed by atoms with E-state index >= 15 is 0 Å². The summed E-state index contributed by atoms with van der Waals surface area (Å²) < 4.78 is 44.4. The highest BCUT2D eigenvalue weighted by Gasteiger charge is 2.44. The van der Waals surface area contributed by atoms with E-state index in [0.717, 1.165) is 58.6 Å². The van der Waals surface area contributed by atoms with Crippen molar-refractivity contribution < 1.29 is 22.6 Å². The van der Waals surface area contributed by atoms with Gasteiger partial charge in [-0.25, -0.2) is 8.42 Å². The van der Waals surface area contributed by atoms with E-state index in [9.17, 15) is 8.42 Å². The zero-order chi connectivity index (χ0) is 19.6. The minimum Gasteiger partial charge on any atom is -0.497 e. The lowest BCUT2D eigenvalue weighted by Gasteiger charge is -2.48. The minimum absolute atomic E-state index is 0.187. The average Bonchev–Trinajstić information content (AvgIpc) is 2.75. The Hall–Kier alpha value is -1.19. The number of piperidine rings is 1. The second-order valence-corrected chi connectivity index (χ2v) is 9.84. The van der Waals surface area contributed by atoms with Gasteiger partial charge in [0.15, 0.2) is 0 Å². The van der Waals surface area contributed by atoms with Crippen LogP contribution in [0.3, 0.4) is 0 Å². The molecule has 28 heavy (non-hydrogen) atoms. The summed E-state index contributed by atoms with van der Waals surface area (Å²) in [5.41, 5.74) is -0.187. The van der Waals surface area contributed by atoms with Crippen LogP contribution in [0.25, 0.3) is 0 Å². The predicted octanol–water partition coefficient (Wildman–Crippen LogP) is 1.73. The third-order valence-corrected chi connectivity index (χ3v) is 8.27. The molecular formula is C20H30N2O5S. The smallest absolute Gasteiger partial charge is 0.243 e. The number of hydrogen-bond acceptors (Lipinski definition) is 6. The standard InChI is InChI=1S/C20H30N2O5S/c1-25-18-2-4-19(5-3-18)28(23,24)22-9-7-20(8-10-22)16-17(6-13-27-20)21-11-14-26-15-12-21/h2-5,17H,6-16H2,1H3. The molecule has 0 aliphatic carbocycles. The molecule has 1 unspecified atom stereocenters. The number of methoxy groups -OCH3 is 1. The van der Waals surface area contributed by atoms with Gasteiger partial charge in [0.1, 0.15) is 5.75 Å². The molecule has 0 bridgehead atoms. The third kappa shape index (κ3) is 4.07. The number of rotatable bonds is 4. The van der Waals surface area contributed by atoms with Crippen molar-refractivity contribution in [2.45, 2.75) is 42.2 Å². The molecule has 3 aliphatic heterocycles. The van der Waals surface area contributed by atoms with Crippen LogP contribution in [0.4, 0.5) is 0 Å². The summed E-state index contributed by atoms with van der Waals surface area (Å²) >= 11 is 0. The first-order valence-electron chi connectivity index (χ1n) is 10.1. The average molecular weight is 411 g/mol. The molecule has 156 valence electrons. The Morgan fingerprint density at radius 1 is 1.04 bits per heavy atom. The molecule has 1 aromatic carbocycles. The molecule has 3 saturated heterocycles. The summed E-state index contributed by atoms with van der Waals surface area (Å²) in [5.74, 6) is 0.654. The van der Waals surface area contributed by atoms with Gasteiger partial charge < -0.3 is 14.2 Å². The minimum atomic E-state index is -3.48. The number of hydrogen-bond donors (Lipinski definition) is 0. The van der Waals surface area contributed by atoms with Crippen molar-refractivity contribution in [2.75, 3.05) is 53.1 Å².